The van der Waals surface area contributed by atoms with Crippen molar-refractivity contribution >= 4 is 49.1 Å². The van der Waals surface area contributed by atoms with Crippen molar-refractivity contribution in [3.05, 3.63) is 61.7 Å². The fraction of sp³-hybridized carbons (Fsp3) is 0.143. The molecule has 0 aromatic heterocycles. The molecule has 1 unspecified atom stereocenters. The van der Waals surface area contributed by atoms with Crippen LogP contribution in [0.25, 0.3) is 0 Å². The van der Waals surface area contributed by atoms with Crippen molar-refractivity contribution in [2.24, 2.45) is 5.73 Å². The highest BCUT2D eigenvalue weighted by atomic mass is 79.9. The van der Waals surface area contributed by atoms with E-state index in [1.165, 1.54) is 18.2 Å². The predicted molar refractivity (Wildman–Crippen MR) is 88.7 cm³/mol. The topological polar surface area (TPSA) is 38.0 Å². The lowest BCUT2D eigenvalue weighted by atomic mass is 10.1. The molecule has 0 aliphatic heterocycles. The van der Waals surface area contributed by atoms with Gasteiger partial charge in [0.2, 0.25) is 0 Å². The Hall–Kier alpha value is -0.620. The Kier molecular flexibility index (Phi) is 5.43. The zero-order chi connectivity index (χ0) is 14.7. The molecule has 20 heavy (non-hydrogen) atoms. The summed E-state index contributed by atoms with van der Waals surface area (Å²) in [5.41, 5.74) is 7.32. The van der Waals surface area contributed by atoms with Gasteiger partial charge in [0.1, 0.15) is 5.82 Å². The molecule has 2 aromatic rings. The Morgan fingerprint density at radius 1 is 1.15 bits per heavy atom. The van der Waals surface area contributed by atoms with E-state index in [1.54, 1.807) is 0 Å². The molecule has 2 aromatic carbocycles. The van der Waals surface area contributed by atoms with E-state index in [0.717, 1.165) is 14.5 Å². The second-order valence-electron chi connectivity index (χ2n) is 4.23. The Morgan fingerprint density at radius 2 is 1.90 bits per heavy atom. The number of halogens is 4. The molecular weight excluding hydrogens is 410 g/mol. The highest BCUT2D eigenvalue weighted by Crippen LogP contribution is 2.30. The molecule has 0 bridgehead atoms. The summed E-state index contributed by atoms with van der Waals surface area (Å²) in [5, 5.41) is 3.63. The average molecular weight is 423 g/mol. The minimum Gasteiger partial charge on any atom is -0.376 e. The maximum absolute atomic E-state index is 13.3. The van der Waals surface area contributed by atoms with Gasteiger partial charge in [0.15, 0.2) is 0 Å². The van der Waals surface area contributed by atoms with Gasteiger partial charge in [-0.3, -0.25) is 0 Å². The third-order valence-corrected chi connectivity index (χ3v) is 5.05. The molecule has 0 fully saturated rings. The molecule has 1 atom stereocenters. The maximum Gasteiger partial charge on any atom is 0.125 e. The van der Waals surface area contributed by atoms with E-state index < -0.39 is 0 Å². The Bertz CT molecular complexity index is 622. The molecule has 6 heteroatoms. The van der Waals surface area contributed by atoms with Gasteiger partial charge in [-0.2, -0.15) is 0 Å². The molecular formula is C14H12Br2ClFN2. The lowest BCUT2D eigenvalue weighted by molar-refractivity contribution is 0.627. The highest BCUT2D eigenvalue weighted by Gasteiger charge is 2.13. The Balaban J connectivity index is 2.28. The molecule has 0 saturated heterocycles. The number of nitrogens with two attached hydrogens (primary N) is 1. The summed E-state index contributed by atoms with van der Waals surface area (Å²) in [5.74, 6) is -0.343. The molecule has 0 amide bonds. The van der Waals surface area contributed by atoms with E-state index in [0.29, 0.717) is 17.3 Å². The summed E-state index contributed by atoms with van der Waals surface area (Å²) in [6.45, 7) is 0.362. The van der Waals surface area contributed by atoms with Crippen LogP contribution in [0.5, 0.6) is 0 Å². The van der Waals surface area contributed by atoms with Crippen LogP contribution in [0.3, 0.4) is 0 Å². The highest BCUT2D eigenvalue weighted by molar-refractivity contribution is 9.13. The van der Waals surface area contributed by atoms with Crippen molar-refractivity contribution in [3.8, 4) is 0 Å². The maximum atomic E-state index is 13.3. The van der Waals surface area contributed by atoms with Crippen LogP contribution in [0.15, 0.2) is 45.3 Å². The van der Waals surface area contributed by atoms with E-state index in [9.17, 15) is 4.39 Å². The van der Waals surface area contributed by atoms with Gasteiger partial charge in [-0.05, 0) is 67.8 Å². The van der Waals surface area contributed by atoms with Gasteiger partial charge in [-0.15, -0.1) is 0 Å². The van der Waals surface area contributed by atoms with Crippen molar-refractivity contribution in [2.75, 3.05) is 11.9 Å². The van der Waals surface area contributed by atoms with Crippen molar-refractivity contribution < 1.29 is 4.39 Å². The number of nitrogens with one attached hydrogen (secondary N) is 1. The van der Waals surface area contributed by atoms with E-state index in [4.69, 9.17) is 17.3 Å². The zero-order valence-corrected chi connectivity index (χ0v) is 14.3. The SMILES string of the molecule is NCC(Nc1cc(F)ccc1Cl)c1ccc(Br)c(Br)c1. The molecule has 0 heterocycles. The van der Waals surface area contributed by atoms with Gasteiger partial charge >= 0.3 is 0 Å². The number of anilines is 1. The van der Waals surface area contributed by atoms with Crippen molar-refractivity contribution in [3.63, 3.8) is 0 Å². The lowest BCUT2D eigenvalue weighted by Gasteiger charge is -2.20. The minimum atomic E-state index is -0.343. The van der Waals surface area contributed by atoms with Crippen LogP contribution >= 0.6 is 43.5 Å². The summed E-state index contributed by atoms with van der Waals surface area (Å²) in [7, 11) is 0. The number of rotatable bonds is 4. The van der Waals surface area contributed by atoms with Crippen LogP contribution in [0.2, 0.25) is 5.02 Å². The summed E-state index contributed by atoms with van der Waals surface area (Å²) in [6.07, 6.45) is 0. The predicted octanol–water partition coefficient (Wildman–Crippen LogP) is 5.12. The summed E-state index contributed by atoms with van der Waals surface area (Å²) in [4.78, 5) is 0. The Morgan fingerprint density at radius 3 is 2.55 bits per heavy atom. The zero-order valence-electron chi connectivity index (χ0n) is 10.3. The fourth-order valence-electron chi connectivity index (χ4n) is 1.80. The molecule has 2 rings (SSSR count). The fourth-order valence-corrected chi connectivity index (χ4v) is 2.62. The van der Waals surface area contributed by atoms with Crippen molar-refractivity contribution in [2.45, 2.75) is 6.04 Å². The summed E-state index contributed by atoms with van der Waals surface area (Å²) < 4.78 is 15.2. The summed E-state index contributed by atoms with van der Waals surface area (Å²) in [6, 6.07) is 9.88. The first-order valence-electron chi connectivity index (χ1n) is 5.88. The second kappa shape index (κ2) is 6.89. The second-order valence-corrected chi connectivity index (χ2v) is 6.35. The third kappa shape index (κ3) is 3.73. The monoisotopic (exact) mass is 420 g/mol. The molecule has 106 valence electrons. The molecule has 3 N–H and O–H groups in total. The number of hydrogen-bond donors (Lipinski definition) is 2. The van der Waals surface area contributed by atoms with Gasteiger partial charge in [-0.1, -0.05) is 17.7 Å². The van der Waals surface area contributed by atoms with Gasteiger partial charge in [0.25, 0.3) is 0 Å². The quantitative estimate of drug-likeness (QED) is 0.718. The first-order chi connectivity index (χ1) is 9.51. The van der Waals surface area contributed by atoms with Crippen LogP contribution in [0.4, 0.5) is 10.1 Å². The lowest BCUT2D eigenvalue weighted by Crippen LogP contribution is -2.20. The molecule has 0 aliphatic rings. The van der Waals surface area contributed by atoms with Crippen LogP contribution < -0.4 is 11.1 Å². The van der Waals surface area contributed by atoms with E-state index >= 15 is 0 Å². The first kappa shape index (κ1) is 15.8. The van der Waals surface area contributed by atoms with Gasteiger partial charge in [-0.25, -0.2) is 4.39 Å². The Labute approximate surface area is 138 Å². The number of hydrogen-bond acceptors (Lipinski definition) is 2. The van der Waals surface area contributed by atoms with Crippen LogP contribution in [0, 0.1) is 5.82 Å². The normalized spacial score (nSPS) is 12.2. The number of benzene rings is 2. The largest absolute Gasteiger partial charge is 0.376 e. The first-order valence-corrected chi connectivity index (χ1v) is 7.84. The smallest absolute Gasteiger partial charge is 0.125 e. The molecule has 0 aliphatic carbocycles. The van der Waals surface area contributed by atoms with Gasteiger partial charge in [0, 0.05) is 15.5 Å². The van der Waals surface area contributed by atoms with Crippen molar-refractivity contribution in [1.29, 1.82) is 0 Å². The molecule has 0 spiro atoms. The molecule has 0 saturated carbocycles. The third-order valence-electron chi connectivity index (χ3n) is 2.84. The van der Waals surface area contributed by atoms with E-state index in [1.807, 2.05) is 18.2 Å². The van der Waals surface area contributed by atoms with Crippen molar-refractivity contribution in [1.82, 2.24) is 0 Å². The standard InChI is InChI=1S/C14H12Br2ClFN2/c15-10-3-1-8(5-11(10)16)14(7-19)20-13-6-9(18)2-4-12(13)17/h1-6,14,20H,7,19H2. The minimum absolute atomic E-state index is 0.154. The van der Waals surface area contributed by atoms with E-state index in [2.05, 4.69) is 37.2 Å². The average Bonchev–Trinajstić information content (AvgIpc) is 2.43. The van der Waals surface area contributed by atoms with Gasteiger partial charge < -0.3 is 11.1 Å². The van der Waals surface area contributed by atoms with Gasteiger partial charge in [0.05, 0.1) is 16.8 Å². The van der Waals surface area contributed by atoms with Crippen LogP contribution in [-0.2, 0) is 0 Å². The van der Waals surface area contributed by atoms with E-state index in [-0.39, 0.29) is 11.9 Å². The molecule has 2 nitrogen and oxygen atoms in total. The van der Waals surface area contributed by atoms with Crippen LogP contribution in [0.1, 0.15) is 11.6 Å². The van der Waals surface area contributed by atoms with Crippen LogP contribution in [-0.4, -0.2) is 6.54 Å². The summed E-state index contributed by atoms with van der Waals surface area (Å²) >= 11 is 12.9. The molecule has 0 radical (unpaired) electrons.